The molecule has 1 heterocycles. The molecule has 98 valence electrons. The highest BCUT2D eigenvalue weighted by Crippen LogP contribution is 2.23. The van der Waals surface area contributed by atoms with Gasteiger partial charge in [0.15, 0.2) is 0 Å². The Morgan fingerprint density at radius 1 is 1.33 bits per heavy atom. The van der Waals surface area contributed by atoms with E-state index in [1.165, 1.54) is 6.42 Å². The predicted molar refractivity (Wildman–Crippen MR) is 71.9 cm³/mol. The number of hydrogen-bond donors (Lipinski definition) is 2. The van der Waals surface area contributed by atoms with E-state index in [0.29, 0.717) is 5.75 Å². The van der Waals surface area contributed by atoms with Crippen molar-refractivity contribution < 1.29 is 9.53 Å². The second-order valence-electron chi connectivity index (χ2n) is 4.55. The highest BCUT2D eigenvalue weighted by atomic mass is 16.5. The van der Waals surface area contributed by atoms with Crippen LogP contribution in [0.3, 0.4) is 0 Å². The van der Waals surface area contributed by atoms with Crippen LogP contribution in [0.2, 0.25) is 0 Å². The van der Waals surface area contributed by atoms with E-state index < -0.39 is 0 Å². The standard InChI is InChI=1S/C14H20N2O2/c1-18-13-9-5-4-7-11(13)16-14(17)12-8-3-2-6-10-15-12/h4-5,7,9,12,15H,2-3,6,8,10H2,1H3,(H,16,17)/t12-/m0/s1. The van der Waals surface area contributed by atoms with Gasteiger partial charge in [0, 0.05) is 0 Å². The van der Waals surface area contributed by atoms with Crippen LogP contribution in [0, 0.1) is 0 Å². The molecule has 0 unspecified atom stereocenters. The van der Waals surface area contributed by atoms with Crippen LogP contribution in [0.25, 0.3) is 0 Å². The molecule has 1 aromatic rings. The summed E-state index contributed by atoms with van der Waals surface area (Å²) in [5.41, 5.74) is 0.732. The number of methoxy groups -OCH3 is 1. The van der Waals surface area contributed by atoms with E-state index >= 15 is 0 Å². The fraction of sp³-hybridized carbons (Fsp3) is 0.500. The first-order valence-corrected chi connectivity index (χ1v) is 6.48. The number of nitrogens with one attached hydrogen (secondary N) is 2. The molecule has 2 rings (SSSR count). The van der Waals surface area contributed by atoms with E-state index in [9.17, 15) is 4.79 Å². The Labute approximate surface area is 108 Å². The summed E-state index contributed by atoms with van der Waals surface area (Å²) in [6, 6.07) is 7.39. The normalized spacial score (nSPS) is 19.9. The number of carbonyl (C=O) groups is 1. The van der Waals surface area contributed by atoms with Crippen LogP contribution >= 0.6 is 0 Å². The van der Waals surface area contributed by atoms with Gasteiger partial charge in [0.2, 0.25) is 5.91 Å². The van der Waals surface area contributed by atoms with Gasteiger partial charge in [-0.2, -0.15) is 0 Å². The summed E-state index contributed by atoms with van der Waals surface area (Å²) in [7, 11) is 1.61. The lowest BCUT2D eigenvalue weighted by molar-refractivity contribution is -0.118. The first kappa shape index (κ1) is 12.9. The SMILES string of the molecule is COc1ccccc1NC(=O)[C@@H]1CCCCCN1. The van der Waals surface area contributed by atoms with Gasteiger partial charge in [-0.1, -0.05) is 25.0 Å². The molecule has 0 aliphatic carbocycles. The molecule has 0 spiro atoms. The number of rotatable bonds is 3. The molecule has 1 fully saturated rings. The fourth-order valence-corrected chi connectivity index (χ4v) is 2.22. The van der Waals surface area contributed by atoms with Crippen molar-refractivity contribution in [3.8, 4) is 5.75 Å². The molecule has 0 radical (unpaired) electrons. The van der Waals surface area contributed by atoms with E-state index in [1.54, 1.807) is 7.11 Å². The summed E-state index contributed by atoms with van der Waals surface area (Å²) < 4.78 is 5.22. The molecule has 18 heavy (non-hydrogen) atoms. The van der Waals surface area contributed by atoms with Crippen molar-refractivity contribution in [2.24, 2.45) is 0 Å². The summed E-state index contributed by atoms with van der Waals surface area (Å²) in [5, 5.41) is 6.22. The zero-order chi connectivity index (χ0) is 12.8. The first-order chi connectivity index (χ1) is 8.81. The molecule has 1 atom stereocenters. The van der Waals surface area contributed by atoms with Gasteiger partial charge in [0.1, 0.15) is 5.75 Å². The van der Waals surface area contributed by atoms with Gasteiger partial charge in [-0.05, 0) is 31.5 Å². The Kier molecular flexibility index (Phi) is 4.59. The van der Waals surface area contributed by atoms with Crippen LogP contribution in [-0.4, -0.2) is 25.6 Å². The monoisotopic (exact) mass is 248 g/mol. The van der Waals surface area contributed by atoms with E-state index in [4.69, 9.17) is 4.74 Å². The van der Waals surface area contributed by atoms with Crippen molar-refractivity contribution in [1.82, 2.24) is 5.32 Å². The smallest absolute Gasteiger partial charge is 0.241 e. The number of benzene rings is 1. The molecule has 1 aromatic carbocycles. The Bertz CT molecular complexity index is 399. The van der Waals surface area contributed by atoms with Gasteiger partial charge in [0.05, 0.1) is 18.8 Å². The first-order valence-electron chi connectivity index (χ1n) is 6.48. The quantitative estimate of drug-likeness (QED) is 0.862. The second-order valence-corrected chi connectivity index (χ2v) is 4.55. The minimum atomic E-state index is -0.0857. The van der Waals surface area contributed by atoms with Crippen LogP contribution in [0.5, 0.6) is 5.75 Å². The summed E-state index contributed by atoms with van der Waals surface area (Å²) in [6.07, 6.45) is 4.36. The average Bonchev–Trinajstić information content (AvgIpc) is 2.68. The average molecular weight is 248 g/mol. The molecule has 0 saturated carbocycles. The molecule has 1 amide bonds. The van der Waals surface area contributed by atoms with Gasteiger partial charge in [-0.3, -0.25) is 4.79 Å². The van der Waals surface area contributed by atoms with Crippen molar-refractivity contribution in [1.29, 1.82) is 0 Å². The molecular weight excluding hydrogens is 228 g/mol. The van der Waals surface area contributed by atoms with Crippen molar-refractivity contribution in [2.45, 2.75) is 31.7 Å². The Balaban J connectivity index is 2.01. The third-order valence-corrected chi connectivity index (χ3v) is 3.24. The summed E-state index contributed by atoms with van der Waals surface area (Å²) in [5.74, 6) is 0.723. The van der Waals surface area contributed by atoms with E-state index in [2.05, 4.69) is 10.6 Å². The lowest BCUT2D eigenvalue weighted by Gasteiger charge is -2.16. The number of carbonyl (C=O) groups excluding carboxylic acids is 1. The van der Waals surface area contributed by atoms with Gasteiger partial charge < -0.3 is 15.4 Å². The van der Waals surface area contributed by atoms with Gasteiger partial charge in [-0.25, -0.2) is 0 Å². The van der Waals surface area contributed by atoms with Crippen molar-refractivity contribution in [2.75, 3.05) is 19.0 Å². The van der Waals surface area contributed by atoms with Crippen molar-refractivity contribution >= 4 is 11.6 Å². The van der Waals surface area contributed by atoms with Crippen LogP contribution in [0.15, 0.2) is 24.3 Å². The lowest BCUT2D eigenvalue weighted by Crippen LogP contribution is -2.39. The number of hydrogen-bond acceptors (Lipinski definition) is 3. The van der Waals surface area contributed by atoms with Gasteiger partial charge in [-0.15, -0.1) is 0 Å². The minimum absolute atomic E-state index is 0.0291. The van der Waals surface area contributed by atoms with Crippen LogP contribution < -0.4 is 15.4 Å². The molecule has 1 aliphatic rings. The minimum Gasteiger partial charge on any atom is -0.495 e. The highest BCUT2D eigenvalue weighted by molar-refractivity contribution is 5.96. The molecule has 0 aromatic heterocycles. The summed E-state index contributed by atoms with van der Waals surface area (Å²) in [6.45, 7) is 0.921. The fourth-order valence-electron chi connectivity index (χ4n) is 2.22. The predicted octanol–water partition coefficient (Wildman–Crippen LogP) is 2.17. The van der Waals surface area contributed by atoms with Crippen molar-refractivity contribution in [3.05, 3.63) is 24.3 Å². The molecular formula is C14H20N2O2. The Morgan fingerprint density at radius 2 is 2.17 bits per heavy atom. The number of anilines is 1. The van der Waals surface area contributed by atoms with Crippen LogP contribution in [0.4, 0.5) is 5.69 Å². The Hall–Kier alpha value is -1.55. The third-order valence-electron chi connectivity index (χ3n) is 3.24. The maximum absolute atomic E-state index is 12.2. The van der Waals surface area contributed by atoms with E-state index in [-0.39, 0.29) is 11.9 Å². The number of ether oxygens (including phenoxy) is 1. The van der Waals surface area contributed by atoms with Gasteiger partial charge >= 0.3 is 0 Å². The number of amides is 1. The molecule has 2 N–H and O–H groups in total. The largest absolute Gasteiger partial charge is 0.495 e. The molecule has 0 bridgehead atoms. The van der Waals surface area contributed by atoms with Crippen LogP contribution in [0.1, 0.15) is 25.7 Å². The highest BCUT2D eigenvalue weighted by Gasteiger charge is 2.20. The van der Waals surface area contributed by atoms with Gasteiger partial charge in [0.25, 0.3) is 0 Å². The molecule has 4 nitrogen and oxygen atoms in total. The summed E-state index contributed by atoms with van der Waals surface area (Å²) >= 11 is 0. The maximum Gasteiger partial charge on any atom is 0.241 e. The van der Waals surface area contributed by atoms with E-state index in [1.807, 2.05) is 24.3 Å². The maximum atomic E-state index is 12.2. The topological polar surface area (TPSA) is 50.4 Å². The number of para-hydroxylation sites is 2. The third kappa shape index (κ3) is 3.23. The zero-order valence-corrected chi connectivity index (χ0v) is 10.7. The Morgan fingerprint density at radius 3 is 3.00 bits per heavy atom. The lowest BCUT2D eigenvalue weighted by atomic mass is 10.1. The van der Waals surface area contributed by atoms with Crippen LogP contribution in [-0.2, 0) is 4.79 Å². The molecule has 4 heteroatoms. The molecule has 1 aliphatic heterocycles. The van der Waals surface area contributed by atoms with Crippen molar-refractivity contribution in [3.63, 3.8) is 0 Å². The zero-order valence-electron chi connectivity index (χ0n) is 10.7. The second kappa shape index (κ2) is 6.40. The molecule has 1 saturated heterocycles. The van der Waals surface area contributed by atoms with E-state index in [0.717, 1.165) is 31.5 Å². The summed E-state index contributed by atoms with van der Waals surface area (Å²) in [4.78, 5) is 12.2.